The normalized spacial score (nSPS) is 43.2. The van der Waals surface area contributed by atoms with Gasteiger partial charge in [-0.25, -0.2) is 0 Å². The molecule has 0 saturated heterocycles. The van der Waals surface area contributed by atoms with Gasteiger partial charge in [0.05, 0.1) is 5.41 Å². The molecule has 5 aliphatic carbocycles. The molecule has 1 amide bonds. The lowest BCUT2D eigenvalue weighted by Gasteiger charge is -2.72. The molecule has 6 nitrogen and oxygen atoms in total. The number of allylic oxidation sites excluding steroid dienone is 1. The maximum atomic E-state index is 14.3. The molecule has 0 bridgehead atoms. The molecule has 0 aromatic heterocycles. The summed E-state index contributed by atoms with van der Waals surface area (Å²) in [6.45, 7) is 21.5. The quantitative estimate of drug-likeness (QED) is 0.144. The number of unbranched alkanes of at least 4 members (excludes halogenated alkanes) is 3. The Morgan fingerprint density at radius 1 is 0.800 bits per heavy atom. The Bertz CT molecular complexity index is 1180. The van der Waals surface area contributed by atoms with Gasteiger partial charge in [0.1, 0.15) is 6.10 Å². The molecule has 0 heterocycles. The molecule has 6 heteroatoms. The van der Waals surface area contributed by atoms with Gasteiger partial charge in [-0.2, -0.15) is 0 Å². The molecule has 2 N–H and O–H groups in total. The summed E-state index contributed by atoms with van der Waals surface area (Å²) >= 11 is 0. The van der Waals surface area contributed by atoms with Crippen LogP contribution in [-0.2, 0) is 19.1 Å². The van der Waals surface area contributed by atoms with E-state index in [9.17, 15) is 14.4 Å². The lowest BCUT2D eigenvalue weighted by molar-refractivity contribution is -0.248. The molecular formula is C39H63NO5. The van der Waals surface area contributed by atoms with Crippen LogP contribution in [0.4, 0.5) is 0 Å². The van der Waals surface area contributed by atoms with Crippen LogP contribution in [0.5, 0.6) is 0 Å². The molecule has 254 valence electrons. The first-order valence-electron chi connectivity index (χ1n) is 18.4. The number of amides is 1. The van der Waals surface area contributed by atoms with Crippen molar-refractivity contribution in [2.45, 2.75) is 151 Å². The van der Waals surface area contributed by atoms with E-state index in [2.05, 4.69) is 53.4 Å². The number of carbonyl (C=O) groups is 3. The number of hydrogen-bond donors (Lipinski definition) is 2. The summed E-state index contributed by atoms with van der Waals surface area (Å²) in [5, 5.41) is 12.3. The van der Waals surface area contributed by atoms with Crippen LogP contribution in [0, 0.1) is 56.7 Å². The zero-order chi connectivity index (χ0) is 33.0. The summed E-state index contributed by atoms with van der Waals surface area (Å²) in [4.78, 5) is 37.1. The molecule has 0 aliphatic heterocycles. The molecule has 5 rings (SSSR count). The van der Waals surface area contributed by atoms with Crippen LogP contribution in [0.3, 0.4) is 0 Å². The van der Waals surface area contributed by atoms with E-state index in [1.807, 2.05) is 0 Å². The number of carboxylic acids is 1. The van der Waals surface area contributed by atoms with E-state index in [4.69, 9.17) is 9.84 Å². The van der Waals surface area contributed by atoms with Crippen molar-refractivity contribution < 1.29 is 24.2 Å². The Balaban J connectivity index is 1.37. The molecule has 0 aromatic carbocycles. The molecule has 5 saturated carbocycles. The second kappa shape index (κ2) is 12.3. The van der Waals surface area contributed by atoms with Gasteiger partial charge in [0.15, 0.2) is 0 Å². The van der Waals surface area contributed by atoms with E-state index in [0.717, 1.165) is 57.8 Å². The lowest BCUT2D eigenvalue weighted by Crippen LogP contribution is -2.67. The molecule has 0 spiro atoms. The van der Waals surface area contributed by atoms with Crippen LogP contribution >= 0.6 is 0 Å². The summed E-state index contributed by atoms with van der Waals surface area (Å²) in [5.41, 5.74) is 1.53. The second-order valence-corrected chi connectivity index (χ2v) is 17.6. The van der Waals surface area contributed by atoms with Crippen molar-refractivity contribution in [1.29, 1.82) is 0 Å². The summed E-state index contributed by atoms with van der Waals surface area (Å²) in [6, 6.07) is 0. The van der Waals surface area contributed by atoms with Gasteiger partial charge in [-0.15, -0.1) is 0 Å². The Labute approximate surface area is 273 Å². The molecule has 5 aliphatic rings. The van der Waals surface area contributed by atoms with Crippen LogP contribution < -0.4 is 5.32 Å². The van der Waals surface area contributed by atoms with Crippen LogP contribution in [-0.4, -0.2) is 35.6 Å². The number of rotatable bonds is 10. The molecule has 0 aromatic rings. The zero-order valence-electron chi connectivity index (χ0n) is 29.6. The van der Waals surface area contributed by atoms with Crippen LogP contribution in [0.15, 0.2) is 12.2 Å². The highest BCUT2D eigenvalue weighted by atomic mass is 16.5. The Morgan fingerprint density at radius 2 is 1.51 bits per heavy atom. The molecular weight excluding hydrogens is 562 g/mol. The zero-order valence-corrected chi connectivity index (χ0v) is 29.6. The van der Waals surface area contributed by atoms with Gasteiger partial charge in [-0.3, -0.25) is 14.4 Å². The standard InChI is InChI=1S/C39H63NO5/c1-25(2)27-16-21-39(34(44)40-24-12-10-9-11-13-32(42)43)23-22-37(7)28(33(27)39)14-15-30-36(6)19-18-31(45-26(3)41)35(4,5)29(36)17-20-38(30,37)8/h27-31,33H,1,9-24H2,2-8H3,(H,40,44)(H,42,43)/t27-,28+,29-,30+,31-,33+,36-,37+,38+,39-/m0/s1. The number of ether oxygens (including phenoxy) is 1. The van der Waals surface area contributed by atoms with E-state index in [-0.39, 0.29) is 51.5 Å². The van der Waals surface area contributed by atoms with Gasteiger partial charge in [-0.05, 0) is 130 Å². The van der Waals surface area contributed by atoms with E-state index in [1.165, 1.54) is 31.3 Å². The number of carbonyl (C=O) groups excluding carboxylic acids is 2. The smallest absolute Gasteiger partial charge is 0.303 e. The number of fused-ring (bicyclic) bond motifs is 7. The van der Waals surface area contributed by atoms with Crippen LogP contribution in [0.1, 0.15) is 145 Å². The fourth-order valence-corrected chi connectivity index (χ4v) is 13.1. The fourth-order valence-electron chi connectivity index (χ4n) is 13.1. The van der Waals surface area contributed by atoms with Crippen molar-refractivity contribution in [3.05, 3.63) is 12.2 Å². The van der Waals surface area contributed by atoms with Gasteiger partial charge in [0, 0.05) is 25.3 Å². The Hall–Kier alpha value is -1.85. The van der Waals surface area contributed by atoms with Gasteiger partial charge < -0.3 is 15.2 Å². The third-order valence-corrected chi connectivity index (χ3v) is 15.4. The minimum absolute atomic E-state index is 0.00211. The maximum Gasteiger partial charge on any atom is 0.303 e. The van der Waals surface area contributed by atoms with Crippen LogP contribution in [0.25, 0.3) is 0 Å². The minimum atomic E-state index is -0.730. The highest BCUT2D eigenvalue weighted by molar-refractivity contribution is 5.84. The number of hydrogen-bond acceptors (Lipinski definition) is 4. The molecule has 5 fully saturated rings. The van der Waals surface area contributed by atoms with E-state index in [1.54, 1.807) is 6.92 Å². The highest BCUT2D eigenvalue weighted by Crippen LogP contribution is 2.77. The Morgan fingerprint density at radius 3 is 2.18 bits per heavy atom. The summed E-state index contributed by atoms with van der Waals surface area (Å²) < 4.78 is 5.94. The highest BCUT2D eigenvalue weighted by Gasteiger charge is 2.72. The maximum absolute atomic E-state index is 14.3. The third-order valence-electron chi connectivity index (χ3n) is 15.4. The van der Waals surface area contributed by atoms with Crippen molar-refractivity contribution in [3.63, 3.8) is 0 Å². The fraction of sp³-hybridized carbons (Fsp3) is 0.872. The Kier molecular flexibility index (Phi) is 9.43. The van der Waals surface area contributed by atoms with E-state index in [0.29, 0.717) is 42.6 Å². The SMILES string of the molecule is C=C(C)[C@@H]1CC[C@]2(C(=O)NCCCCCCC(=O)O)CC[C@]3(C)[C@H](CC[C@@H]4[C@@]5(C)CC[C@H](OC(C)=O)C(C)(C)[C@@H]5CC[C@]43C)[C@@H]12. The van der Waals surface area contributed by atoms with E-state index >= 15 is 0 Å². The summed E-state index contributed by atoms with van der Waals surface area (Å²) in [7, 11) is 0. The first-order chi connectivity index (χ1) is 21.0. The van der Waals surface area contributed by atoms with Crippen molar-refractivity contribution in [2.24, 2.45) is 56.7 Å². The van der Waals surface area contributed by atoms with Crippen molar-refractivity contribution in [3.8, 4) is 0 Å². The monoisotopic (exact) mass is 625 g/mol. The predicted octanol–water partition coefficient (Wildman–Crippen LogP) is 8.73. The largest absolute Gasteiger partial charge is 0.481 e. The van der Waals surface area contributed by atoms with Crippen molar-refractivity contribution >= 4 is 17.8 Å². The second-order valence-electron chi connectivity index (χ2n) is 17.6. The average Bonchev–Trinajstić information content (AvgIpc) is 3.35. The van der Waals surface area contributed by atoms with E-state index < -0.39 is 5.97 Å². The first kappa shape index (κ1) is 34.5. The predicted molar refractivity (Wildman–Crippen MR) is 178 cm³/mol. The van der Waals surface area contributed by atoms with Gasteiger partial charge in [-0.1, -0.05) is 59.6 Å². The van der Waals surface area contributed by atoms with Crippen molar-refractivity contribution in [2.75, 3.05) is 6.54 Å². The van der Waals surface area contributed by atoms with Crippen molar-refractivity contribution in [1.82, 2.24) is 5.32 Å². The van der Waals surface area contributed by atoms with Gasteiger partial charge in [0.25, 0.3) is 0 Å². The minimum Gasteiger partial charge on any atom is -0.481 e. The number of nitrogens with one attached hydrogen (secondary N) is 1. The lowest BCUT2D eigenvalue weighted by atomic mass is 9.32. The van der Waals surface area contributed by atoms with Crippen LogP contribution in [0.2, 0.25) is 0 Å². The first-order valence-corrected chi connectivity index (χ1v) is 18.4. The third kappa shape index (κ3) is 5.50. The molecule has 10 atom stereocenters. The molecule has 0 radical (unpaired) electrons. The topological polar surface area (TPSA) is 92.7 Å². The number of aliphatic carboxylic acids is 1. The van der Waals surface area contributed by atoms with Gasteiger partial charge in [0.2, 0.25) is 5.91 Å². The molecule has 45 heavy (non-hydrogen) atoms. The number of esters is 1. The summed E-state index contributed by atoms with van der Waals surface area (Å²) in [5.74, 6) is 1.83. The molecule has 0 unspecified atom stereocenters. The average molecular weight is 626 g/mol. The van der Waals surface area contributed by atoms with Gasteiger partial charge >= 0.3 is 11.9 Å². The summed E-state index contributed by atoms with van der Waals surface area (Å²) in [6.07, 6.45) is 14.7. The number of carboxylic acid groups (broad SMARTS) is 1.